The lowest BCUT2D eigenvalue weighted by Crippen LogP contribution is -2.41. The van der Waals surface area contributed by atoms with E-state index in [-0.39, 0.29) is 11.9 Å². The molecule has 1 heterocycles. The predicted octanol–water partition coefficient (Wildman–Crippen LogP) is 0.737. The number of carbonyl (C=O) groups is 1. The molecule has 0 saturated heterocycles. The van der Waals surface area contributed by atoms with Crippen LogP contribution < -0.4 is 10.6 Å². The average molecular weight is 234 g/mol. The molecule has 1 aromatic heterocycles. The normalized spacial score (nSPS) is 24.3. The maximum absolute atomic E-state index is 11.9. The number of nitrogens with zero attached hydrogens (tertiary/aromatic N) is 2. The molecule has 1 amide bonds. The fraction of sp³-hybridized carbons (Fsp3) is 0.583. The molecule has 2 N–H and O–H groups in total. The van der Waals surface area contributed by atoms with Crippen LogP contribution in [0.3, 0.4) is 0 Å². The average Bonchev–Trinajstić information content (AvgIpc) is 2.40. The van der Waals surface area contributed by atoms with Gasteiger partial charge in [-0.15, -0.1) is 0 Å². The lowest BCUT2D eigenvalue weighted by atomic mass is 9.91. The van der Waals surface area contributed by atoms with Gasteiger partial charge < -0.3 is 10.6 Å². The van der Waals surface area contributed by atoms with Gasteiger partial charge >= 0.3 is 0 Å². The summed E-state index contributed by atoms with van der Waals surface area (Å²) < 4.78 is 0. The zero-order chi connectivity index (χ0) is 12.1. The van der Waals surface area contributed by atoms with Gasteiger partial charge in [0, 0.05) is 24.5 Å². The van der Waals surface area contributed by atoms with Gasteiger partial charge in [0.15, 0.2) is 0 Å². The number of carbonyl (C=O) groups excluding carboxylic acids is 1. The Hall–Kier alpha value is -1.49. The lowest BCUT2D eigenvalue weighted by Gasteiger charge is -2.28. The van der Waals surface area contributed by atoms with E-state index in [4.69, 9.17) is 0 Å². The molecule has 0 aliphatic heterocycles. The van der Waals surface area contributed by atoms with E-state index in [0.29, 0.717) is 11.6 Å². The first-order valence-electron chi connectivity index (χ1n) is 6.02. The molecule has 17 heavy (non-hydrogen) atoms. The fourth-order valence-electron chi connectivity index (χ4n) is 2.21. The molecule has 92 valence electrons. The summed E-state index contributed by atoms with van der Waals surface area (Å²) in [6.45, 7) is 0. The van der Waals surface area contributed by atoms with Crippen molar-refractivity contribution < 1.29 is 4.79 Å². The van der Waals surface area contributed by atoms with E-state index < -0.39 is 0 Å². The zero-order valence-corrected chi connectivity index (χ0v) is 10.0. The number of rotatable bonds is 3. The highest BCUT2D eigenvalue weighted by atomic mass is 16.1. The largest absolute Gasteiger partial charge is 0.349 e. The quantitative estimate of drug-likeness (QED) is 0.809. The highest BCUT2D eigenvalue weighted by Crippen LogP contribution is 2.18. The minimum atomic E-state index is -0.0708. The van der Waals surface area contributed by atoms with Crippen molar-refractivity contribution in [3.63, 3.8) is 0 Å². The molecule has 5 heteroatoms. The Morgan fingerprint density at radius 1 is 1.18 bits per heavy atom. The topological polar surface area (TPSA) is 66.9 Å². The van der Waals surface area contributed by atoms with Crippen LogP contribution in [0.5, 0.6) is 0 Å². The SMILES string of the molecule is CNC1CCC(NC(=O)c2cncnc2)CC1. The van der Waals surface area contributed by atoms with Crippen molar-refractivity contribution in [1.29, 1.82) is 0 Å². The van der Waals surface area contributed by atoms with Gasteiger partial charge in [-0.25, -0.2) is 9.97 Å². The van der Waals surface area contributed by atoms with Crippen molar-refractivity contribution in [2.45, 2.75) is 37.8 Å². The number of nitrogens with one attached hydrogen (secondary N) is 2. The molecular formula is C12H18N4O. The van der Waals surface area contributed by atoms with Crippen LogP contribution in [-0.4, -0.2) is 35.0 Å². The van der Waals surface area contributed by atoms with E-state index in [2.05, 4.69) is 20.6 Å². The van der Waals surface area contributed by atoms with E-state index >= 15 is 0 Å². The minimum absolute atomic E-state index is 0.0708. The molecular weight excluding hydrogens is 216 g/mol. The summed E-state index contributed by atoms with van der Waals surface area (Å²) in [6.07, 6.45) is 8.81. The molecule has 0 unspecified atom stereocenters. The van der Waals surface area contributed by atoms with E-state index in [1.54, 1.807) is 12.4 Å². The van der Waals surface area contributed by atoms with Gasteiger partial charge in [-0.05, 0) is 32.7 Å². The van der Waals surface area contributed by atoms with Gasteiger partial charge in [0.25, 0.3) is 5.91 Å². The van der Waals surface area contributed by atoms with Crippen LogP contribution >= 0.6 is 0 Å². The summed E-state index contributed by atoms with van der Waals surface area (Å²) in [4.78, 5) is 19.5. The molecule has 1 aliphatic rings. The molecule has 2 rings (SSSR count). The number of hydrogen-bond donors (Lipinski definition) is 2. The molecule has 1 aromatic rings. The molecule has 0 aromatic carbocycles. The van der Waals surface area contributed by atoms with E-state index in [0.717, 1.165) is 25.7 Å². The van der Waals surface area contributed by atoms with Crippen molar-refractivity contribution in [2.24, 2.45) is 0 Å². The van der Waals surface area contributed by atoms with E-state index in [1.165, 1.54) is 6.33 Å². The Morgan fingerprint density at radius 3 is 2.35 bits per heavy atom. The molecule has 1 saturated carbocycles. The van der Waals surface area contributed by atoms with Crippen LogP contribution in [0.25, 0.3) is 0 Å². The van der Waals surface area contributed by atoms with Crippen molar-refractivity contribution >= 4 is 5.91 Å². The van der Waals surface area contributed by atoms with Gasteiger partial charge in [-0.3, -0.25) is 4.79 Å². The Morgan fingerprint density at radius 2 is 1.76 bits per heavy atom. The third-order valence-corrected chi connectivity index (χ3v) is 3.29. The maximum atomic E-state index is 11.9. The maximum Gasteiger partial charge on any atom is 0.254 e. The minimum Gasteiger partial charge on any atom is -0.349 e. The fourth-order valence-corrected chi connectivity index (χ4v) is 2.21. The van der Waals surface area contributed by atoms with Crippen molar-refractivity contribution in [2.75, 3.05) is 7.05 Å². The lowest BCUT2D eigenvalue weighted by molar-refractivity contribution is 0.0924. The summed E-state index contributed by atoms with van der Waals surface area (Å²) >= 11 is 0. The van der Waals surface area contributed by atoms with Crippen LogP contribution in [0.4, 0.5) is 0 Å². The molecule has 0 bridgehead atoms. The van der Waals surface area contributed by atoms with E-state index in [1.807, 2.05) is 7.05 Å². The van der Waals surface area contributed by atoms with Gasteiger partial charge in [-0.1, -0.05) is 0 Å². The standard InChI is InChI=1S/C12H18N4O/c1-13-10-2-4-11(5-3-10)16-12(17)9-6-14-8-15-7-9/h6-8,10-11,13H,2-5H2,1H3,(H,16,17). The van der Waals surface area contributed by atoms with E-state index in [9.17, 15) is 4.79 Å². The second kappa shape index (κ2) is 5.72. The van der Waals surface area contributed by atoms with Crippen LogP contribution in [0, 0.1) is 0 Å². The first-order valence-corrected chi connectivity index (χ1v) is 6.02. The second-order valence-electron chi connectivity index (χ2n) is 4.44. The first-order chi connectivity index (χ1) is 8.29. The smallest absolute Gasteiger partial charge is 0.254 e. The predicted molar refractivity (Wildman–Crippen MR) is 64.6 cm³/mol. The van der Waals surface area contributed by atoms with Crippen molar-refractivity contribution in [1.82, 2.24) is 20.6 Å². The molecule has 1 aliphatic carbocycles. The summed E-state index contributed by atoms with van der Waals surface area (Å²) in [7, 11) is 1.99. The van der Waals surface area contributed by atoms with Crippen LogP contribution in [-0.2, 0) is 0 Å². The Kier molecular flexibility index (Phi) is 4.03. The summed E-state index contributed by atoms with van der Waals surface area (Å²) in [5.74, 6) is -0.0708. The molecule has 0 atom stereocenters. The third kappa shape index (κ3) is 3.23. The first kappa shape index (κ1) is 12.0. The third-order valence-electron chi connectivity index (χ3n) is 3.29. The summed E-state index contributed by atoms with van der Waals surface area (Å²) in [5, 5.41) is 6.31. The van der Waals surface area contributed by atoms with Gasteiger partial charge in [0.05, 0.1) is 5.56 Å². The highest BCUT2D eigenvalue weighted by molar-refractivity contribution is 5.93. The van der Waals surface area contributed by atoms with Crippen LogP contribution in [0.1, 0.15) is 36.0 Å². The van der Waals surface area contributed by atoms with Gasteiger partial charge in [0.1, 0.15) is 6.33 Å². The molecule has 5 nitrogen and oxygen atoms in total. The second-order valence-corrected chi connectivity index (χ2v) is 4.44. The molecule has 0 radical (unpaired) electrons. The van der Waals surface area contributed by atoms with Gasteiger partial charge in [0.2, 0.25) is 0 Å². The summed E-state index contributed by atoms with van der Waals surface area (Å²) in [6, 6.07) is 0.885. The number of aromatic nitrogens is 2. The zero-order valence-electron chi connectivity index (χ0n) is 10.0. The Balaban J connectivity index is 1.84. The number of amides is 1. The van der Waals surface area contributed by atoms with Gasteiger partial charge in [-0.2, -0.15) is 0 Å². The van der Waals surface area contributed by atoms with Crippen LogP contribution in [0.15, 0.2) is 18.7 Å². The van der Waals surface area contributed by atoms with Crippen molar-refractivity contribution in [3.8, 4) is 0 Å². The highest BCUT2D eigenvalue weighted by Gasteiger charge is 2.21. The Labute approximate surface area is 101 Å². The summed E-state index contributed by atoms with van der Waals surface area (Å²) in [5.41, 5.74) is 0.531. The molecule has 0 spiro atoms. The van der Waals surface area contributed by atoms with Crippen LogP contribution in [0.2, 0.25) is 0 Å². The molecule has 1 fully saturated rings. The Bertz CT molecular complexity index is 360. The monoisotopic (exact) mass is 234 g/mol. The number of hydrogen-bond acceptors (Lipinski definition) is 4. The van der Waals surface area contributed by atoms with Crippen molar-refractivity contribution in [3.05, 3.63) is 24.3 Å².